The van der Waals surface area contributed by atoms with Crippen molar-refractivity contribution in [3.63, 3.8) is 0 Å². The van der Waals surface area contributed by atoms with Crippen LogP contribution in [0.25, 0.3) is 11.3 Å². The average molecular weight is 206 g/mol. The molecule has 1 aromatic carbocycles. The fourth-order valence-electron chi connectivity index (χ4n) is 1.44. The maximum atomic E-state index is 13.1. The second-order valence-electron chi connectivity index (χ2n) is 3.30. The molecule has 78 valence electrons. The summed E-state index contributed by atoms with van der Waals surface area (Å²) >= 11 is 0. The quantitative estimate of drug-likeness (QED) is 0.819. The van der Waals surface area contributed by atoms with Gasteiger partial charge in [-0.25, -0.2) is 9.37 Å². The number of aryl methyl sites for hydroxylation is 1. The van der Waals surface area contributed by atoms with Gasteiger partial charge in [0.05, 0.1) is 0 Å². The van der Waals surface area contributed by atoms with Gasteiger partial charge in [0.25, 0.3) is 0 Å². The summed E-state index contributed by atoms with van der Waals surface area (Å²) in [4.78, 5) is 3.98. The molecule has 0 aliphatic rings. The normalized spacial score (nSPS) is 10.6. The van der Waals surface area contributed by atoms with Crippen molar-refractivity contribution in [2.45, 2.75) is 13.5 Å². The molecule has 3 nitrogen and oxygen atoms in total. The SMILES string of the molecule is Cc1cc(-c2ocnc2CN)ccc1F. The molecule has 0 saturated heterocycles. The van der Waals surface area contributed by atoms with Crippen LogP contribution < -0.4 is 5.73 Å². The smallest absolute Gasteiger partial charge is 0.181 e. The van der Waals surface area contributed by atoms with Crippen molar-refractivity contribution in [1.82, 2.24) is 4.98 Å². The van der Waals surface area contributed by atoms with Crippen molar-refractivity contribution < 1.29 is 8.81 Å². The van der Waals surface area contributed by atoms with Crippen molar-refractivity contribution in [3.8, 4) is 11.3 Å². The zero-order valence-corrected chi connectivity index (χ0v) is 8.33. The number of nitrogens with two attached hydrogens (primary N) is 1. The molecule has 2 aromatic rings. The van der Waals surface area contributed by atoms with Crippen molar-refractivity contribution >= 4 is 0 Å². The number of halogens is 1. The van der Waals surface area contributed by atoms with E-state index >= 15 is 0 Å². The molecule has 1 aromatic heterocycles. The second-order valence-corrected chi connectivity index (χ2v) is 3.30. The highest BCUT2D eigenvalue weighted by Crippen LogP contribution is 2.24. The summed E-state index contributed by atoms with van der Waals surface area (Å²) in [6.45, 7) is 2.01. The lowest BCUT2D eigenvalue weighted by molar-refractivity contribution is 0.570. The third-order valence-corrected chi connectivity index (χ3v) is 2.25. The molecule has 0 bridgehead atoms. The lowest BCUT2D eigenvalue weighted by atomic mass is 10.1. The van der Waals surface area contributed by atoms with Crippen LogP contribution in [0.2, 0.25) is 0 Å². The minimum absolute atomic E-state index is 0.229. The molecule has 0 amide bonds. The summed E-state index contributed by atoms with van der Waals surface area (Å²) in [5.74, 6) is 0.383. The topological polar surface area (TPSA) is 52.0 Å². The zero-order valence-electron chi connectivity index (χ0n) is 8.33. The number of oxazole rings is 1. The summed E-state index contributed by atoms with van der Waals surface area (Å²) in [7, 11) is 0. The molecule has 4 heteroatoms. The van der Waals surface area contributed by atoms with Gasteiger partial charge < -0.3 is 10.2 Å². The first-order valence-electron chi connectivity index (χ1n) is 4.61. The van der Waals surface area contributed by atoms with E-state index in [0.29, 0.717) is 23.6 Å². The minimum atomic E-state index is -0.229. The van der Waals surface area contributed by atoms with Crippen LogP contribution in [0, 0.1) is 12.7 Å². The summed E-state index contributed by atoms with van der Waals surface area (Å²) in [5, 5.41) is 0. The third-order valence-electron chi connectivity index (χ3n) is 2.25. The average Bonchev–Trinajstić information content (AvgIpc) is 2.70. The Labute approximate surface area is 86.7 Å². The van der Waals surface area contributed by atoms with Gasteiger partial charge in [0, 0.05) is 12.1 Å². The van der Waals surface area contributed by atoms with E-state index in [1.54, 1.807) is 19.1 Å². The Hall–Kier alpha value is -1.68. The number of nitrogens with zero attached hydrogens (tertiary/aromatic N) is 1. The molecule has 0 aliphatic carbocycles. The van der Waals surface area contributed by atoms with Crippen LogP contribution in [0.15, 0.2) is 29.0 Å². The Balaban J connectivity index is 2.50. The van der Waals surface area contributed by atoms with Crippen LogP contribution in [-0.2, 0) is 6.54 Å². The van der Waals surface area contributed by atoms with E-state index in [2.05, 4.69) is 4.98 Å². The zero-order chi connectivity index (χ0) is 10.8. The highest BCUT2D eigenvalue weighted by atomic mass is 19.1. The van der Waals surface area contributed by atoms with E-state index in [-0.39, 0.29) is 5.82 Å². The Bertz CT molecular complexity index is 479. The molecule has 1 heterocycles. The van der Waals surface area contributed by atoms with E-state index in [1.165, 1.54) is 12.5 Å². The maximum Gasteiger partial charge on any atom is 0.181 e. The van der Waals surface area contributed by atoms with Crippen molar-refractivity contribution in [3.05, 3.63) is 41.7 Å². The molecule has 0 fully saturated rings. The Morgan fingerprint density at radius 2 is 2.27 bits per heavy atom. The Kier molecular flexibility index (Phi) is 2.51. The number of rotatable bonds is 2. The summed E-state index contributed by atoms with van der Waals surface area (Å²) in [6, 6.07) is 4.78. The largest absolute Gasteiger partial charge is 0.443 e. The van der Waals surface area contributed by atoms with E-state index in [9.17, 15) is 4.39 Å². The number of benzene rings is 1. The number of hydrogen-bond acceptors (Lipinski definition) is 3. The predicted molar refractivity (Wildman–Crippen MR) is 54.5 cm³/mol. The van der Waals surface area contributed by atoms with Crippen molar-refractivity contribution in [2.24, 2.45) is 5.73 Å². The lowest BCUT2D eigenvalue weighted by Gasteiger charge is -2.01. The first-order valence-corrected chi connectivity index (χ1v) is 4.61. The van der Waals surface area contributed by atoms with Crippen LogP contribution >= 0.6 is 0 Å². The first kappa shape index (κ1) is 9.86. The van der Waals surface area contributed by atoms with Gasteiger partial charge in [-0.2, -0.15) is 0 Å². The molecule has 2 rings (SSSR count). The highest BCUT2D eigenvalue weighted by Gasteiger charge is 2.10. The third kappa shape index (κ3) is 1.76. The summed E-state index contributed by atoms with van der Waals surface area (Å²) in [5.41, 5.74) is 7.56. The molecule has 0 radical (unpaired) electrons. The molecule has 2 N–H and O–H groups in total. The molecule has 0 unspecified atom stereocenters. The van der Waals surface area contributed by atoms with E-state index in [0.717, 1.165) is 5.56 Å². The fourth-order valence-corrected chi connectivity index (χ4v) is 1.44. The molecule has 15 heavy (non-hydrogen) atoms. The van der Waals surface area contributed by atoms with Crippen LogP contribution in [0.5, 0.6) is 0 Å². The lowest BCUT2D eigenvalue weighted by Crippen LogP contribution is -1.98. The van der Waals surface area contributed by atoms with Crippen molar-refractivity contribution in [2.75, 3.05) is 0 Å². The molecule has 0 atom stereocenters. The maximum absolute atomic E-state index is 13.1. The first-order chi connectivity index (χ1) is 7.22. The van der Waals surface area contributed by atoms with Crippen LogP contribution in [0.1, 0.15) is 11.3 Å². The Morgan fingerprint density at radius 1 is 1.47 bits per heavy atom. The van der Waals surface area contributed by atoms with Gasteiger partial charge in [0.15, 0.2) is 12.2 Å². The van der Waals surface area contributed by atoms with Crippen LogP contribution in [0.3, 0.4) is 0 Å². The van der Waals surface area contributed by atoms with Gasteiger partial charge in [-0.05, 0) is 30.7 Å². The standard InChI is InChI=1S/C11H11FN2O/c1-7-4-8(2-3-9(7)12)11-10(5-13)14-6-15-11/h2-4,6H,5,13H2,1H3. The van der Waals surface area contributed by atoms with Crippen LogP contribution in [0.4, 0.5) is 4.39 Å². The van der Waals surface area contributed by atoms with E-state index in [4.69, 9.17) is 10.2 Å². The van der Waals surface area contributed by atoms with E-state index in [1.807, 2.05) is 0 Å². The minimum Gasteiger partial charge on any atom is -0.443 e. The summed E-state index contributed by atoms with van der Waals surface area (Å²) in [6.07, 6.45) is 1.34. The predicted octanol–water partition coefficient (Wildman–Crippen LogP) is 2.25. The van der Waals surface area contributed by atoms with Gasteiger partial charge in [-0.1, -0.05) is 0 Å². The highest BCUT2D eigenvalue weighted by molar-refractivity contribution is 5.60. The summed E-state index contributed by atoms with van der Waals surface area (Å²) < 4.78 is 18.3. The molecule has 0 aliphatic heterocycles. The van der Waals surface area contributed by atoms with Crippen LogP contribution in [-0.4, -0.2) is 4.98 Å². The number of aromatic nitrogens is 1. The van der Waals surface area contributed by atoms with Gasteiger partial charge in [0.1, 0.15) is 11.5 Å². The monoisotopic (exact) mass is 206 g/mol. The molecule has 0 saturated carbocycles. The molecule has 0 spiro atoms. The molecular formula is C11H11FN2O. The number of hydrogen-bond donors (Lipinski definition) is 1. The van der Waals surface area contributed by atoms with Gasteiger partial charge in [-0.3, -0.25) is 0 Å². The van der Waals surface area contributed by atoms with Gasteiger partial charge >= 0.3 is 0 Å². The van der Waals surface area contributed by atoms with Crippen molar-refractivity contribution in [1.29, 1.82) is 0 Å². The molecular weight excluding hydrogens is 195 g/mol. The Morgan fingerprint density at radius 3 is 2.93 bits per heavy atom. The van der Waals surface area contributed by atoms with Gasteiger partial charge in [0.2, 0.25) is 0 Å². The fraction of sp³-hybridized carbons (Fsp3) is 0.182. The second kappa shape index (κ2) is 3.82. The van der Waals surface area contributed by atoms with E-state index < -0.39 is 0 Å². The van der Waals surface area contributed by atoms with Gasteiger partial charge in [-0.15, -0.1) is 0 Å².